The van der Waals surface area contributed by atoms with Crippen LogP contribution in [0.1, 0.15) is 42.9 Å². The van der Waals surface area contributed by atoms with Gasteiger partial charge in [0.05, 0.1) is 11.4 Å². The molecule has 162 valence electrons. The Labute approximate surface area is 182 Å². The fraction of sp³-hybridized carbons (Fsp3) is 0.458. The minimum absolute atomic E-state index is 0.184. The number of nitrogens with zero attached hydrogens (tertiary/aromatic N) is 6. The van der Waals surface area contributed by atoms with Gasteiger partial charge in [0.25, 0.3) is 0 Å². The van der Waals surface area contributed by atoms with Crippen LogP contribution in [0.2, 0.25) is 0 Å². The first kappa shape index (κ1) is 20.1. The molecule has 1 aromatic carbocycles. The maximum absolute atomic E-state index is 13.2. The lowest BCUT2D eigenvalue weighted by atomic mass is 9.91. The minimum Gasteiger partial charge on any atom is -0.341 e. The zero-order valence-electron chi connectivity index (χ0n) is 18.0. The Bertz CT molecular complexity index is 1020. The van der Waals surface area contributed by atoms with E-state index in [4.69, 9.17) is 10.1 Å². The van der Waals surface area contributed by atoms with Crippen LogP contribution in [0.5, 0.6) is 0 Å². The van der Waals surface area contributed by atoms with Crippen LogP contribution in [0.25, 0.3) is 11.3 Å². The van der Waals surface area contributed by atoms with Crippen LogP contribution in [-0.4, -0.2) is 50.8 Å². The topological polar surface area (TPSA) is 50.1 Å². The molecule has 2 aromatic heterocycles. The molecular weight excluding hydrogens is 391 g/mol. The van der Waals surface area contributed by atoms with Crippen molar-refractivity contribution in [3.05, 3.63) is 59.8 Å². The molecular formula is C24H29FN6. The third kappa shape index (κ3) is 4.46. The number of hydrogen-bond donors (Lipinski definition) is 0. The summed E-state index contributed by atoms with van der Waals surface area (Å²) in [6.07, 6.45) is 8.62. The highest BCUT2D eigenvalue weighted by atomic mass is 19.1. The van der Waals surface area contributed by atoms with E-state index >= 15 is 0 Å². The van der Waals surface area contributed by atoms with Crippen LogP contribution in [0.4, 0.5) is 10.3 Å². The Balaban J connectivity index is 1.37. The molecule has 1 atom stereocenters. The predicted octanol–water partition coefficient (Wildman–Crippen LogP) is 4.00. The van der Waals surface area contributed by atoms with Crippen LogP contribution in [0.15, 0.2) is 42.7 Å². The van der Waals surface area contributed by atoms with Crippen molar-refractivity contribution < 1.29 is 4.39 Å². The van der Waals surface area contributed by atoms with Crippen molar-refractivity contribution >= 4 is 5.95 Å². The van der Waals surface area contributed by atoms with Gasteiger partial charge in [0.15, 0.2) is 0 Å². The first-order chi connectivity index (χ1) is 15.2. The first-order valence-corrected chi connectivity index (χ1v) is 11.2. The van der Waals surface area contributed by atoms with Gasteiger partial charge in [0, 0.05) is 57.1 Å². The van der Waals surface area contributed by atoms with Gasteiger partial charge in [0.2, 0.25) is 5.95 Å². The van der Waals surface area contributed by atoms with Crippen molar-refractivity contribution in [3.8, 4) is 11.3 Å². The van der Waals surface area contributed by atoms with E-state index in [1.807, 2.05) is 36.1 Å². The predicted molar refractivity (Wildman–Crippen MR) is 119 cm³/mol. The number of aromatic nitrogens is 4. The van der Waals surface area contributed by atoms with E-state index < -0.39 is 0 Å². The van der Waals surface area contributed by atoms with Gasteiger partial charge >= 0.3 is 0 Å². The molecule has 31 heavy (non-hydrogen) atoms. The maximum Gasteiger partial charge on any atom is 0.225 e. The van der Waals surface area contributed by atoms with E-state index in [2.05, 4.69) is 21.0 Å². The standard InChI is InChI=1S/C24H29FN6/c1-29-17-21(22-10-11-26-24(27-22)31-13-2-3-14-31)23(28-29)19-5-4-12-30(16-19)15-18-6-8-20(25)9-7-18/h6-11,17,19H,2-5,12-16H2,1H3/t19-/m1/s1. The van der Waals surface area contributed by atoms with E-state index in [0.29, 0.717) is 5.92 Å². The minimum atomic E-state index is -0.184. The average molecular weight is 421 g/mol. The van der Waals surface area contributed by atoms with Crippen LogP contribution < -0.4 is 4.90 Å². The van der Waals surface area contributed by atoms with Gasteiger partial charge in [-0.25, -0.2) is 14.4 Å². The zero-order valence-corrected chi connectivity index (χ0v) is 18.0. The smallest absolute Gasteiger partial charge is 0.225 e. The molecule has 0 spiro atoms. The highest BCUT2D eigenvalue weighted by Crippen LogP contribution is 2.34. The molecule has 2 fully saturated rings. The number of anilines is 1. The summed E-state index contributed by atoms with van der Waals surface area (Å²) in [6, 6.07) is 8.85. The molecule has 0 saturated carbocycles. The number of aryl methyl sites for hydroxylation is 1. The van der Waals surface area contributed by atoms with E-state index in [9.17, 15) is 4.39 Å². The average Bonchev–Trinajstić information content (AvgIpc) is 3.46. The van der Waals surface area contributed by atoms with Crippen molar-refractivity contribution in [1.29, 1.82) is 0 Å². The quantitative estimate of drug-likeness (QED) is 0.625. The Morgan fingerprint density at radius 3 is 2.65 bits per heavy atom. The van der Waals surface area contributed by atoms with Crippen molar-refractivity contribution in [2.24, 2.45) is 7.05 Å². The summed E-state index contributed by atoms with van der Waals surface area (Å²) in [5.41, 5.74) is 4.33. The number of benzene rings is 1. The van der Waals surface area contributed by atoms with Gasteiger partial charge in [-0.15, -0.1) is 0 Å². The Morgan fingerprint density at radius 2 is 1.84 bits per heavy atom. The van der Waals surface area contributed by atoms with Gasteiger partial charge < -0.3 is 4.90 Å². The lowest BCUT2D eigenvalue weighted by Crippen LogP contribution is -2.34. The van der Waals surface area contributed by atoms with Crippen LogP contribution in [0.3, 0.4) is 0 Å². The van der Waals surface area contributed by atoms with Crippen molar-refractivity contribution in [1.82, 2.24) is 24.6 Å². The summed E-state index contributed by atoms with van der Waals surface area (Å²) in [7, 11) is 1.98. The molecule has 5 rings (SSSR count). The summed E-state index contributed by atoms with van der Waals surface area (Å²) in [6.45, 7) is 4.91. The summed E-state index contributed by atoms with van der Waals surface area (Å²) in [5, 5.41) is 4.86. The molecule has 0 bridgehead atoms. The second kappa shape index (κ2) is 8.75. The van der Waals surface area contributed by atoms with Gasteiger partial charge in [-0.1, -0.05) is 12.1 Å². The van der Waals surface area contributed by atoms with Gasteiger partial charge in [0.1, 0.15) is 5.82 Å². The molecule has 3 aromatic rings. The lowest BCUT2D eigenvalue weighted by Gasteiger charge is -2.32. The normalized spacial score (nSPS) is 19.8. The first-order valence-electron chi connectivity index (χ1n) is 11.2. The van der Waals surface area contributed by atoms with Crippen LogP contribution in [0, 0.1) is 5.82 Å². The summed E-state index contributed by atoms with van der Waals surface area (Å²) >= 11 is 0. The Hall–Kier alpha value is -2.80. The third-order valence-corrected chi connectivity index (χ3v) is 6.38. The van der Waals surface area contributed by atoms with Crippen LogP contribution >= 0.6 is 0 Å². The molecule has 2 aliphatic heterocycles. The monoisotopic (exact) mass is 420 g/mol. The number of halogens is 1. The van der Waals surface area contributed by atoms with Crippen LogP contribution in [-0.2, 0) is 13.6 Å². The summed E-state index contributed by atoms with van der Waals surface area (Å²) < 4.78 is 15.2. The number of likely N-dealkylation sites (tertiary alicyclic amines) is 1. The SMILES string of the molecule is Cn1cc(-c2ccnc(N3CCCC3)n2)c([C@@H]2CCCN(Cc3ccc(F)cc3)C2)n1. The fourth-order valence-corrected chi connectivity index (χ4v) is 4.84. The van der Waals surface area contributed by atoms with Crippen molar-refractivity contribution in [2.75, 3.05) is 31.1 Å². The number of piperidine rings is 1. The van der Waals surface area contributed by atoms with E-state index in [1.54, 1.807) is 12.1 Å². The molecule has 2 saturated heterocycles. The highest BCUT2D eigenvalue weighted by Gasteiger charge is 2.27. The van der Waals surface area contributed by atoms with Crippen molar-refractivity contribution in [3.63, 3.8) is 0 Å². The van der Waals surface area contributed by atoms with Gasteiger partial charge in [-0.2, -0.15) is 5.10 Å². The molecule has 0 radical (unpaired) electrons. The summed E-state index contributed by atoms with van der Waals surface area (Å²) in [5.74, 6) is 0.999. The molecule has 6 nitrogen and oxygen atoms in total. The van der Waals surface area contributed by atoms with E-state index in [-0.39, 0.29) is 5.82 Å². The van der Waals surface area contributed by atoms with E-state index in [0.717, 1.165) is 74.0 Å². The fourth-order valence-electron chi connectivity index (χ4n) is 4.84. The van der Waals surface area contributed by atoms with Gasteiger partial charge in [-0.05, 0) is 56.0 Å². The molecule has 0 N–H and O–H groups in total. The molecule has 0 amide bonds. The molecule has 4 heterocycles. The molecule has 0 aliphatic carbocycles. The largest absolute Gasteiger partial charge is 0.341 e. The highest BCUT2D eigenvalue weighted by molar-refractivity contribution is 5.63. The zero-order chi connectivity index (χ0) is 21.2. The molecule has 7 heteroatoms. The second-order valence-electron chi connectivity index (χ2n) is 8.74. The Kier molecular flexibility index (Phi) is 5.68. The van der Waals surface area contributed by atoms with Crippen molar-refractivity contribution in [2.45, 2.75) is 38.1 Å². The second-order valence-corrected chi connectivity index (χ2v) is 8.74. The lowest BCUT2D eigenvalue weighted by molar-refractivity contribution is 0.198. The maximum atomic E-state index is 13.2. The van der Waals surface area contributed by atoms with E-state index in [1.165, 1.54) is 12.8 Å². The molecule has 0 unspecified atom stereocenters. The van der Waals surface area contributed by atoms with Gasteiger partial charge in [-0.3, -0.25) is 9.58 Å². The number of rotatable bonds is 5. The number of hydrogen-bond acceptors (Lipinski definition) is 5. The summed E-state index contributed by atoms with van der Waals surface area (Å²) in [4.78, 5) is 14.1. The Morgan fingerprint density at radius 1 is 1.03 bits per heavy atom. The molecule has 2 aliphatic rings. The third-order valence-electron chi connectivity index (χ3n) is 6.38.